The number of amides is 1. The fourth-order valence-corrected chi connectivity index (χ4v) is 3.73. The Morgan fingerprint density at radius 2 is 1.65 bits per heavy atom. The maximum absolute atomic E-state index is 12.3. The highest BCUT2D eigenvalue weighted by Crippen LogP contribution is 2.33. The molecule has 112 valence electrons. The van der Waals surface area contributed by atoms with Gasteiger partial charge in [0.25, 0.3) is 5.91 Å². The molecule has 0 aromatic heterocycles. The number of thioether (sulfide) groups is 2. The van der Waals surface area contributed by atoms with Crippen LogP contribution in [0.5, 0.6) is 0 Å². The van der Waals surface area contributed by atoms with Crippen LogP contribution in [0, 0.1) is 0 Å². The zero-order chi connectivity index (χ0) is 15.0. The lowest BCUT2D eigenvalue weighted by molar-refractivity contribution is -0.127. The Morgan fingerprint density at radius 1 is 1.10 bits per heavy atom. The van der Waals surface area contributed by atoms with Crippen molar-refractivity contribution in [2.75, 3.05) is 18.2 Å². The van der Waals surface area contributed by atoms with Crippen LogP contribution in [-0.4, -0.2) is 40.5 Å². The molecule has 0 unspecified atom stereocenters. The van der Waals surface area contributed by atoms with Crippen LogP contribution in [0.25, 0.3) is 0 Å². The first kappa shape index (κ1) is 17.3. The van der Waals surface area contributed by atoms with Crippen molar-refractivity contribution in [2.45, 2.75) is 39.5 Å². The molecule has 0 aromatic carbocycles. The molecule has 4 nitrogen and oxygen atoms in total. The first-order valence-electron chi connectivity index (χ1n) is 6.85. The average Bonchev–Trinajstić information content (AvgIpc) is 3.00. The van der Waals surface area contributed by atoms with Crippen molar-refractivity contribution in [1.82, 2.24) is 4.90 Å². The van der Waals surface area contributed by atoms with Gasteiger partial charge in [-0.25, -0.2) is 0 Å². The average molecular weight is 315 g/mol. The summed E-state index contributed by atoms with van der Waals surface area (Å²) >= 11 is 3.13. The second-order valence-electron chi connectivity index (χ2n) is 4.49. The molecule has 1 aliphatic rings. The van der Waals surface area contributed by atoms with E-state index in [0.717, 1.165) is 9.99 Å². The third-order valence-electron chi connectivity index (χ3n) is 3.08. The van der Waals surface area contributed by atoms with Gasteiger partial charge in [0, 0.05) is 43.9 Å². The van der Waals surface area contributed by atoms with Gasteiger partial charge in [-0.3, -0.25) is 14.4 Å². The number of carbonyl (C=O) groups is 3. The lowest BCUT2D eigenvalue weighted by atomic mass is 10.2. The van der Waals surface area contributed by atoms with E-state index in [4.69, 9.17) is 0 Å². The molecule has 1 heterocycles. The molecule has 0 N–H and O–H groups in total. The molecular formula is C14H21NO3S2. The van der Waals surface area contributed by atoms with Gasteiger partial charge < -0.3 is 4.90 Å². The van der Waals surface area contributed by atoms with Gasteiger partial charge in [0.1, 0.15) is 11.6 Å². The molecule has 0 radical (unpaired) electrons. The van der Waals surface area contributed by atoms with Crippen LogP contribution in [0.4, 0.5) is 0 Å². The van der Waals surface area contributed by atoms with Crippen LogP contribution in [0.2, 0.25) is 0 Å². The Bertz CT molecular complexity index is 387. The van der Waals surface area contributed by atoms with Gasteiger partial charge in [-0.15, -0.1) is 23.5 Å². The van der Waals surface area contributed by atoms with Crippen LogP contribution in [-0.2, 0) is 14.4 Å². The van der Waals surface area contributed by atoms with E-state index in [-0.39, 0.29) is 17.5 Å². The lowest BCUT2D eigenvalue weighted by Crippen LogP contribution is -2.35. The van der Waals surface area contributed by atoms with Gasteiger partial charge in [0.05, 0.1) is 4.91 Å². The van der Waals surface area contributed by atoms with Gasteiger partial charge in [-0.05, 0) is 5.41 Å². The molecule has 0 aliphatic carbocycles. The van der Waals surface area contributed by atoms with E-state index in [1.165, 1.54) is 11.8 Å². The summed E-state index contributed by atoms with van der Waals surface area (Å²) in [6, 6.07) is 0. The predicted molar refractivity (Wildman–Crippen MR) is 84.5 cm³/mol. The number of carbonyl (C=O) groups excluding carboxylic acids is 3. The van der Waals surface area contributed by atoms with Gasteiger partial charge in [-0.1, -0.05) is 13.8 Å². The Labute approximate surface area is 128 Å². The second kappa shape index (κ2) is 9.23. The normalized spacial score (nSPS) is 14.0. The van der Waals surface area contributed by atoms with Crippen molar-refractivity contribution >= 4 is 41.0 Å². The molecule has 20 heavy (non-hydrogen) atoms. The first-order chi connectivity index (χ1) is 9.58. The summed E-state index contributed by atoms with van der Waals surface area (Å²) < 4.78 is 0. The van der Waals surface area contributed by atoms with Crippen LogP contribution in [0.3, 0.4) is 0 Å². The largest absolute Gasteiger partial charge is 0.337 e. The minimum atomic E-state index is -0.0483. The molecule has 1 rings (SSSR count). The fourth-order valence-electron chi connectivity index (χ4n) is 1.70. The summed E-state index contributed by atoms with van der Waals surface area (Å²) in [7, 11) is 0. The number of Topliss-reactive ketones (excluding diaryl/α,β-unsaturated/α-hetero) is 2. The van der Waals surface area contributed by atoms with E-state index in [9.17, 15) is 14.4 Å². The molecule has 0 saturated carbocycles. The highest BCUT2D eigenvalue weighted by atomic mass is 32.2. The van der Waals surface area contributed by atoms with E-state index in [1.54, 1.807) is 16.7 Å². The minimum absolute atomic E-state index is 0.0483. The standard InChI is InChI=1S/C14H21NO3S2/c1-3-11(16)5-7-15(8-6-12(17)4-2)14(18)13-9-19-10-20-13/h9H,3-8,10H2,1-2H3. The van der Waals surface area contributed by atoms with Crippen molar-refractivity contribution in [3.63, 3.8) is 0 Å². The molecule has 6 heteroatoms. The zero-order valence-corrected chi connectivity index (χ0v) is 13.6. The topological polar surface area (TPSA) is 54.5 Å². The molecule has 1 aliphatic heterocycles. The van der Waals surface area contributed by atoms with E-state index < -0.39 is 0 Å². The van der Waals surface area contributed by atoms with Crippen LogP contribution in [0.1, 0.15) is 39.5 Å². The van der Waals surface area contributed by atoms with Crippen LogP contribution in [0.15, 0.2) is 10.3 Å². The predicted octanol–water partition coefficient (Wildman–Crippen LogP) is 2.83. The lowest BCUT2D eigenvalue weighted by Gasteiger charge is -2.22. The number of hydrogen-bond acceptors (Lipinski definition) is 5. The SMILES string of the molecule is CCC(=O)CCN(CCC(=O)CC)C(=O)C1=CSCS1. The summed E-state index contributed by atoms with van der Waals surface area (Å²) in [5, 5.41) is 2.72. The summed E-state index contributed by atoms with van der Waals surface area (Å²) in [5.74, 6) is 0.243. The zero-order valence-electron chi connectivity index (χ0n) is 12.0. The molecular weight excluding hydrogens is 294 g/mol. The fraction of sp³-hybridized carbons (Fsp3) is 0.643. The van der Waals surface area contributed by atoms with Crippen molar-refractivity contribution in [1.29, 1.82) is 0 Å². The second-order valence-corrected chi connectivity index (χ2v) is 6.73. The van der Waals surface area contributed by atoms with Gasteiger partial charge in [0.2, 0.25) is 0 Å². The molecule has 0 bridgehead atoms. The minimum Gasteiger partial charge on any atom is -0.337 e. The number of rotatable bonds is 9. The van der Waals surface area contributed by atoms with Crippen LogP contribution < -0.4 is 0 Å². The summed E-state index contributed by atoms with van der Waals surface area (Å²) in [4.78, 5) is 37.6. The molecule has 0 atom stereocenters. The number of ketones is 2. The maximum Gasteiger partial charge on any atom is 0.260 e. The molecule has 0 spiro atoms. The van der Waals surface area contributed by atoms with E-state index in [2.05, 4.69) is 0 Å². The summed E-state index contributed by atoms with van der Waals surface area (Å²) in [5.41, 5.74) is 0. The third kappa shape index (κ3) is 5.71. The van der Waals surface area contributed by atoms with E-state index in [1.807, 2.05) is 19.3 Å². The molecule has 0 aromatic rings. The Hall–Kier alpha value is -0.750. The summed E-state index contributed by atoms with van der Waals surface area (Å²) in [6.07, 6.45) is 1.72. The molecule has 0 saturated heterocycles. The highest BCUT2D eigenvalue weighted by molar-refractivity contribution is 8.22. The Balaban J connectivity index is 2.59. The van der Waals surface area contributed by atoms with Crippen molar-refractivity contribution in [2.24, 2.45) is 0 Å². The van der Waals surface area contributed by atoms with Crippen molar-refractivity contribution < 1.29 is 14.4 Å². The van der Waals surface area contributed by atoms with E-state index in [0.29, 0.717) is 38.8 Å². The van der Waals surface area contributed by atoms with E-state index >= 15 is 0 Å². The molecule has 0 fully saturated rings. The Kier molecular flexibility index (Phi) is 7.99. The molecule has 1 amide bonds. The van der Waals surface area contributed by atoms with Gasteiger partial charge >= 0.3 is 0 Å². The summed E-state index contributed by atoms with van der Waals surface area (Å²) in [6.45, 7) is 4.46. The number of hydrogen-bond donors (Lipinski definition) is 0. The third-order valence-corrected chi connectivity index (χ3v) is 5.25. The highest BCUT2D eigenvalue weighted by Gasteiger charge is 2.22. The quantitative estimate of drug-likeness (QED) is 0.655. The van der Waals surface area contributed by atoms with Crippen LogP contribution >= 0.6 is 23.5 Å². The van der Waals surface area contributed by atoms with Gasteiger partial charge in [0.15, 0.2) is 0 Å². The Morgan fingerprint density at radius 3 is 2.05 bits per heavy atom. The van der Waals surface area contributed by atoms with Gasteiger partial charge in [-0.2, -0.15) is 0 Å². The van der Waals surface area contributed by atoms with Crippen molar-refractivity contribution in [3.05, 3.63) is 10.3 Å². The monoisotopic (exact) mass is 315 g/mol. The first-order valence-corrected chi connectivity index (χ1v) is 8.89. The number of nitrogens with zero attached hydrogens (tertiary/aromatic N) is 1. The van der Waals surface area contributed by atoms with Crippen molar-refractivity contribution in [3.8, 4) is 0 Å². The maximum atomic E-state index is 12.3. The smallest absolute Gasteiger partial charge is 0.260 e.